The Morgan fingerprint density at radius 3 is 2.52 bits per heavy atom. The number of pyridine rings is 1. The minimum atomic E-state index is -0.916. The van der Waals surface area contributed by atoms with Crippen molar-refractivity contribution in [1.82, 2.24) is 4.98 Å². The molecule has 0 spiro atoms. The molecule has 0 saturated carbocycles. The SMILES string of the molecule is O=Cc1c(F)cc(-c2cc(OC3COC3)ccn2)cc1F. The number of hydrogen-bond acceptors (Lipinski definition) is 4. The quantitative estimate of drug-likeness (QED) is 0.812. The Kier molecular flexibility index (Phi) is 3.62. The molecule has 0 atom stereocenters. The van der Waals surface area contributed by atoms with Crippen LogP contribution in [0.3, 0.4) is 0 Å². The fourth-order valence-corrected chi connectivity index (χ4v) is 1.96. The Hall–Kier alpha value is -2.34. The zero-order chi connectivity index (χ0) is 14.8. The molecule has 1 saturated heterocycles. The Morgan fingerprint density at radius 2 is 1.95 bits per heavy atom. The van der Waals surface area contributed by atoms with Crippen molar-refractivity contribution in [3.05, 3.63) is 47.7 Å². The Bertz CT molecular complexity index is 663. The van der Waals surface area contributed by atoms with Crippen molar-refractivity contribution in [2.45, 2.75) is 6.10 Å². The molecule has 21 heavy (non-hydrogen) atoms. The summed E-state index contributed by atoms with van der Waals surface area (Å²) in [6, 6.07) is 5.40. The summed E-state index contributed by atoms with van der Waals surface area (Å²) in [5, 5.41) is 0. The first-order valence-corrected chi connectivity index (χ1v) is 6.32. The molecule has 2 heterocycles. The zero-order valence-electron chi connectivity index (χ0n) is 10.9. The van der Waals surface area contributed by atoms with Crippen molar-refractivity contribution < 1.29 is 23.0 Å². The maximum Gasteiger partial charge on any atom is 0.155 e. The van der Waals surface area contributed by atoms with Crippen molar-refractivity contribution in [2.75, 3.05) is 13.2 Å². The van der Waals surface area contributed by atoms with Crippen LogP contribution < -0.4 is 4.74 Å². The average Bonchev–Trinajstić information content (AvgIpc) is 2.43. The lowest BCUT2D eigenvalue weighted by atomic mass is 10.1. The molecule has 1 aromatic heterocycles. The highest BCUT2D eigenvalue weighted by Crippen LogP contribution is 2.26. The number of carbonyl (C=O) groups is 1. The molecule has 108 valence electrons. The minimum Gasteiger partial charge on any atom is -0.485 e. The van der Waals surface area contributed by atoms with E-state index in [1.165, 1.54) is 6.20 Å². The van der Waals surface area contributed by atoms with Gasteiger partial charge in [0.1, 0.15) is 23.5 Å². The molecular formula is C15H11F2NO3. The van der Waals surface area contributed by atoms with Crippen molar-refractivity contribution in [3.63, 3.8) is 0 Å². The number of carbonyl (C=O) groups excluding carboxylic acids is 1. The maximum atomic E-state index is 13.6. The lowest BCUT2D eigenvalue weighted by Gasteiger charge is -2.26. The molecule has 1 fully saturated rings. The number of aldehydes is 1. The van der Waals surface area contributed by atoms with Crippen molar-refractivity contribution in [1.29, 1.82) is 0 Å². The van der Waals surface area contributed by atoms with Crippen molar-refractivity contribution >= 4 is 6.29 Å². The summed E-state index contributed by atoms with van der Waals surface area (Å²) in [6.07, 6.45) is 1.64. The minimum absolute atomic E-state index is 0.00818. The van der Waals surface area contributed by atoms with Crippen LogP contribution in [0.1, 0.15) is 10.4 Å². The second-order valence-corrected chi connectivity index (χ2v) is 4.63. The lowest BCUT2D eigenvalue weighted by Crippen LogP contribution is -2.38. The number of benzene rings is 1. The number of rotatable bonds is 4. The van der Waals surface area contributed by atoms with Crippen LogP contribution in [0.2, 0.25) is 0 Å². The van der Waals surface area contributed by atoms with E-state index in [9.17, 15) is 13.6 Å². The molecule has 0 aliphatic carbocycles. The highest BCUT2D eigenvalue weighted by molar-refractivity contribution is 5.77. The summed E-state index contributed by atoms with van der Waals surface area (Å²) < 4.78 is 37.9. The van der Waals surface area contributed by atoms with Crippen LogP contribution in [0, 0.1) is 11.6 Å². The van der Waals surface area contributed by atoms with Gasteiger partial charge in [-0.1, -0.05) is 0 Å². The average molecular weight is 291 g/mol. The van der Waals surface area contributed by atoms with Gasteiger partial charge in [-0.2, -0.15) is 0 Å². The third kappa shape index (κ3) is 2.75. The highest BCUT2D eigenvalue weighted by atomic mass is 19.1. The molecule has 2 aromatic rings. The monoisotopic (exact) mass is 291 g/mol. The summed E-state index contributed by atoms with van der Waals surface area (Å²) in [7, 11) is 0. The van der Waals surface area contributed by atoms with Gasteiger partial charge < -0.3 is 9.47 Å². The Labute approximate surface area is 119 Å². The fourth-order valence-electron chi connectivity index (χ4n) is 1.96. The molecule has 0 bridgehead atoms. The Morgan fingerprint density at radius 1 is 1.24 bits per heavy atom. The van der Waals surface area contributed by atoms with Gasteiger partial charge in [0.2, 0.25) is 0 Å². The maximum absolute atomic E-state index is 13.6. The third-order valence-electron chi connectivity index (χ3n) is 3.13. The lowest BCUT2D eigenvalue weighted by molar-refractivity contribution is -0.0796. The van der Waals surface area contributed by atoms with Gasteiger partial charge in [-0.3, -0.25) is 9.78 Å². The van der Waals surface area contributed by atoms with E-state index in [4.69, 9.17) is 9.47 Å². The van der Waals surface area contributed by atoms with Crippen LogP contribution in [-0.2, 0) is 4.74 Å². The number of nitrogens with zero attached hydrogens (tertiary/aromatic N) is 1. The molecule has 6 heteroatoms. The van der Waals surface area contributed by atoms with Gasteiger partial charge in [0.25, 0.3) is 0 Å². The van der Waals surface area contributed by atoms with Crippen LogP contribution in [0.15, 0.2) is 30.5 Å². The number of ether oxygens (including phenoxy) is 2. The summed E-state index contributed by atoms with van der Waals surface area (Å²) in [5.74, 6) is -1.28. The van der Waals surface area contributed by atoms with Crippen molar-refractivity contribution in [3.8, 4) is 17.0 Å². The molecule has 0 unspecified atom stereocenters. The van der Waals surface area contributed by atoms with Crippen LogP contribution in [0.4, 0.5) is 8.78 Å². The van der Waals surface area contributed by atoms with Crippen molar-refractivity contribution in [2.24, 2.45) is 0 Å². The van der Waals surface area contributed by atoms with E-state index in [-0.39, 0.29) is 18.0 Å². The molecule has 0 radical (unpaired) electrons. The fraction of sp³-hybridized carbons (Fsp3) is 0.200. The molecule has 3 rings (SSSR count). The molecular weight excluding hydrogens is 280 g/mol. The zero-order valence-corrected chi connectivity index (χ0v) is 10.9. The predicted octanol–water partition coefficient (Wildman–Crippen LogP) is 2.62. The first-order chi connectivity index (χ1) is 10.2. The Balaban J connectivity index is 1.92. The molecule has 1 aliphatic heterocycles. The number of halogens is 2. The van der Waals surface area contributed by atoms with E-state index in [1.54, 1.807) is 12.1 Å². The van der Waals surface area contributed by atoms with E-state index < -0.39 is 17.2 Å². The van der Waals surface area contributed by atoms with E-state index in [1.807, 2.05) is 0 Å². The number of hydrogen-bond donors (Lipinski definition) is 0. The predicted molar refractivity (Wildman–Crippen MR) is 70.2 cm³/mol. The second kappa shape index (κ2) is 5.57. The number of aromatic nitrogens is 1. The summed E-state index contributed by atoms with van der Waals surface area (Å²) in [4.78, 5) is 14.6. The van der Waals surface area contributed by atoms with Gasteiger partial charge >= 0.3 is 0 Å². The third-order valence-corrected chi connectivity index (χ3v) is 3.13. The molecule has 0 N–H and O–H groups in total. The molecule has 1 aliphatic rings. The van der Waals surface area contributed by atoms with Gasteiger partial charge in [-0.15, -0.1) is 0 Å². The molecule has 1 aromatic carbocycles. The summed E-state index contributed by atoms with van der Waals surface area (Å²) >= 11 is 0. The standard InChI is InChI=1S/C15H11F2NO3/c16-13-3-9(4-14(17)12(13)6-19)15-5-10(1-2-18-15)21-11-7-20-8-11/h1-6,11H,7-8H2. The van der Waals surface area contributed by atoms with Gasteiger partial charge in [0.15, 0.2) is 6.29 Å². The van der Waals surface area contributed by atoms with Crippen LogP contribution in [0.25, 0.3) is 11.3 Å². The van der Waals surface area contributed by atoms with E-state index in [0.29, 0.717) is 24.7 Å². The smallest absolute Gasteiger partial charge is 0.155 e. The van der Waals surface area contributed by atoms with Crippen LogP contribution in [0.5, 0.6) is 5.75 Å². The highest BCUT2D eigenvalue weighted by Gasteiger charge is 2.20. The summed E-state index contributed by atoms with van der Waals surface area (Å²) in [5.41, 5.74) is 0.0201. The largest absolute Gasteiger partial charge is 0.485 e. The second-order valence-electron chi connectivity index (χ2n) is 4.63. The van der Waals surface area contributed by atoms with E-state index >= 15 is 0 Å². The topological polar surface area (TPSA) is 48.4 Å². The van der Waals surface area contributed by atoms with Crippen LogP contribution in [-0.4, -0.2) is 30.6 Å². The molecule has 0 amide bonds. The van der Waals surface area contributed by atoms with Gasteiger partial charge in [-0.05, 0) is 18.2 Å². The van der Waals surface area contributed by atoms with Gasteiger partial charge in [0, 0.05) is 17.8 Å². The first-order valence-electron chi connectivity index (χ1n) is 6.32. The molecule has 4 nitrogen and oxygen atoms in total. The summed E-state index contributed by atoms with van der Waals surface area (Å²) in [6.45, 7) is 1.05. The van der Waals surface area contributed by atoms with Crippen LogP contribution >= 0.6 is 0 Å². The van der Waals surface area contributed by atoms with E-state index in [2.05, 4.69) is 4.98 Å². The van der Waals surface area contributed by atoms with Gasteiger partial charge in [-0.25, -0.2) is 8.78 Å². The first kappa shape index (κ1) is 13.6. The normalized spacial score (nSPS) is 14.6. The van der Waals surface area contributed by atoms with Gasteiger partial charge in [0.05, 0.1) is 24.5 Å². The van der Waals surface area contributed by atoms with E-state index in [0.717, 1.165) is 12.1 Å².